The third-order valence-electron chi connectivity index (χ3n) is 7.70. The molecule has 3 aliphatic rings. The van der Waals surface area contributed by atoms with Crippen molar-refractivity contribution in [2.45, 2.75) is 97.3 Å². The van der Waals surface area contributed by atoms with Gasteiger partial charge in [-0.1, -0.05) is 46.1 Å². The summed E-state index contributed by atoms with van der Waals surface area (Å²) in [6.45, 7) is 7.52. The molecule has 1 saturated heterocycles. The second-order valence-corrected chi connectivity index (χ2v) is 11.1. The van der Waals surface area contributed by atoms with Crippen LogP contribution in [0.25, 0.3) is 0 Å². The Labute approximate surface area is 215 Å². The highest BCUT2D eigenvalue weighted by Crippen LogP contribution is 2.35. The number of aromatic hydroxyl groups is 1. The average Bonchev–Trinajstić information content (AvgIpc) is 3.43. The number of quaternary nitrogens is 1. The van der Waals surface area contributed by atoms with E-state index in [9.17, 15) is 15.0 Å². The van der Waals surface area contributed by atoms with E-state index in [0.717, 1.165) is 56.3 Å². The number of ether oxygens (including phenoxy) is 1. The van der Waals surface area contributed by atoms with Gasteiger partial charge >= 0.3 is 0 Å². The van der Waals surface area contributed by atoms with E-state index in [0.29, 0.717) is 36.8 Å². The molecule has 6 nitrogen and oxygen atoms in total. The average molecular weight is 496 g/mol. The standard InChI is InChI=1S/C30H42N2O4/c1-4-5-6-7-23(33)18-24(34)11-8-21-9-12-27(35)28(17-21)36-29-13-10-22(16-20(2)3)30-25-14-15-31-26(25)19-32(29)30/h9,12,14-15,17,20,22-23,29,33,35H,4-8,10-11,13,16,18-19H2,1-3H3/p+1/t22-,23-,29-/m1/s1. The number of rotatable bonds is 13. The van der Waals surface area contributed by atoms with Crippen LogP contribution in [0.15, 0.2) is 46.7 Å². The molecule has 1 aromatic rings. The molecule has 0 amide bonds. The lowest BCUT2D eigenvalue weighted by molar-refractivity contribution is -0.904. The fourth-order valence-corrected chi connectivity index (χ4v) is 5.92. The normalized spacial score (nSPS) is 23.6. The first-order chi connectivity index (χ1) is 17.4. The number of hydrogen-bond acceptors (Lipinski definition) is 5. The summed E-state index contributed by atoms with van der Waals surface area (Å²) >= 11 is 0. The van der Waals surface area contributed by atoms with E-state index in [-0.39, 0.29) is 24.2 Å². The highest BCUT2D eigenvalue weighted by atomic mass is 16.5. The Bertz CT molecular complexity index is 1030. The van der Waals surface area contributed by atoms with E-state index < -0.39 is 6.10 Å². The number of nitrogens with one attached hydrogen (secondary N) is 1. The van der Waals surface area contributed by atoms with Crippen molar-refractivity contribution < 1.29 is 24.6 Å². The van der Waals surface area contributed by atoms with Gasteiger partial charge in [0, 0.05) is 31.4 Å². The first kappa shape index (κ1) is 26.6. The van der Waals surface area contributed by atoms with Gasteiger partial charge in [-0.2, -0.15) is 0 Å². The predicted octanol–water partition coefficient (Wildman–Crippen LogP) is 4.51. The minimum Gasteiger partial charge on any atom is -0.504 e. The highest BCUT2D eigenvalue weighted by molar-refractivity contribution is 6.07. The predicted molar refractivity (Wildman–Crippen MR) is 142 cm³/mol. The number of aryl methyl sites for hydroxylation is 1. The highest BCUT2D eigenvalue weighted by Gasteiger charge is 2.46. The van der Waals surface area contributed by atoms with Gasteiger partial charge in [0.05, 0.1) is 11.7 Å². The van der Waals surface area contributed by atoms with Gasteiger partial charge < -0.3 is 14.9 Å². The van der Waals surface area contributed by atoms with Gasteiger partial charge in [0.25, 0.3) is 0 Å². The topological polar surface area (TPSA) is 83.6 Å². The number of aliphatic hydroxyl groups excluding tert-OH is 1. The van der Waals surface area contributed by atoms with Crippen LogP contribution in [0.1, 0.15) is 84.1 Å². The van der Waals surface area contributed by atoms with Crippen LogP contribution in [-0.4, -0.2) is 40.6 Å². The summed E-state index contributed by atoms with van der Waals surface area (Å²) in [4.78, 5) is 18.3. The third kappa shape index (κ3) is 6.46. The van der Waals surface area contributed by atoms with Crippen molar-refractivity contribution in [2.24, 2.45) is 16.8 Å². The molecule has 1 fully saturated rings. The minimum atomic E-state index is -0.542. The van der Waals surface area contributed by atoms with E-state index in [1.54, 1.807) is 6.07 Å². The number of phenols is 1. The van der Waals surface area contributed by atoms with Crippen molar-refractivity contribution in [3.63, 3.8) is 0 Å². The van der Waals surface area contributed by atoms with Crippen LogP contribution in [0.2, 0.25) is 0 Å². The molecule has 0 radical (unpaired) electrons. The number of benzene rings is 1. The van der Waals surface area contributed by atoms with Gasteiger partial charge in [-0.3, -0.25) is 14.7 Å². The second-order valence-electron chi connectivity index (χ2n) is 11.1. The number of allylic oxidation sites excluding steroid dienone is 2. The first-order valence-corrected chi connectivity index (χ1v) is 13.9. The number of aliphatic imine (C=N–C) groups is 1. The monoisotopic (exact) mass is 495 g/mol. The van der Waals surface area contributed by atoms with Crippen LogP contribution >= 0.6 is 0 Å². The number of piperidine rings is 1. The van der Waals surface area contributed by atoms with Gasteiger partial charge in [0.2, 0.25) is 6.23 Å². The molecular formula is C30H43N2O4+. The molecule has 0 aliphatic carbocycles. The van der Waals surface area contributed by atoms with Gasteiger partial charge in [0.15, 0.2) is 11.5 Å². The Morgan fingerprint density at radius 2 is 2.08 bits per heavy atom. The zero-order valence-electron chi connectivity index (χ0n) is 22.1. The fraction of sp³-hybridized carbons (Fsp3) is 0.600. The number of phenolic OH excluding ortho intramolecular Hbond substituents is 1. The van der Waals surface area contributed by atoms with Crippen molar-refractivity contribution in [2.75, 3.05) is 6.54 Å². The summed E-state index contributed by atoms with van der Waals surface area (Å²) in [6.07, 6.45) is 11.6. The maximum atomic E-state index is 12.4. The number of Topliss-reactive ketones (excluding diaryl/α,β-unsaturated/α-hetero) is 1. The lowest BCUT2D eigenvalue weighted by Crippen LogP contribution is -3.15. The molecule has 0 saturated carbocycles. The lowest BCUT2D eigenvalue weighted by atomic mass is 9.85. The van der Waals surface area contributed by atoms with E-state index in [1.807, 2.05) is 18.3 Å². The Kier molecular flexibility index (Phi) is 9.02. The molecule has 6 heteroatoms. The molecule has 1 aromatic carbocycles. The van der Waals surface area contributed by atoms with Crippen molar-refractivity contribution in [1.29, 1.82) is 0 Å². The summed E-state index contributed by atoms with van der Waals surface area (Å²) in [6, 6.07) is 5.40. The summed E-state index contributed by atoms with van der Waals surface area (Å²) in [5, 5.41) is 20.7. The van der Waals surface area contributed by atoms with Gasteiger partial charge in [-0.05, 0) is 55.4 Å². The molecule has 0 spiro atoms. The van der Waals surface area contributed by atoms with E-state index in [1.165, 1.54) is 16.2 Å². The van der Waals surface area contributed by atoms with Crippen molar-refractivity contribution in [3.05, 3.63) is 47.3 Å². The maximum Gasteiger partial charge on any atom is 0.237 e. The molecule has 4 atom stereocenters. The molecular weight excluding hydrogens is 452 g/mol. The van der Waals surface area contributed by atoms with Crippen molar-refractivity contribution in [1.82, 2.24) is 0 Å². The number of fused-ring (bicyclic) bond motifs is 2. The van der Waals surface area contributed by atoms with Crippen LogP contribution in [0.4, 0.5) is 0 Å². The molecule has 0 aromatic heterocycles. The summed E-state index contributed by atoms with van der Waals surface area (Å²) in [7, 11) is 0. The van der Waals surface area contributed by atoms with E-state index >= 15 is 0 Å². The number of carbonyl (C=O) groups excluding carboxylic acids is 1. The molecule has 4 rings (SSSR count). The molecule has 36 heavy (non-hydrogen) atoms. The number of unbranched alkanes of at least 4 members (excludes halogenated alkanes) is 2. The largest absolute Gasteiger partial charge is 0.504 e. The Hall–Kier alpha value is -2.44. The number of carbonyl (C=O) groups is 1. The van der Waals surface area contributed by atoms with Crippen molar-refractivity contribution >= 4 is 11.5 Å². The molecule has 0 bridgehead atoms. The lowest BCUT2D eigenvalue weighted by Gasteiger charge is -2.36. The minimum absolute atomic E-state index is 0.0707. The Morgan fingerprint density at radius 1 is 1.25 bits per heavy atom. The smallest absolute Gasteiger partial charge is 0.237 e. The third-order valence-corrected chi connectivity index (χ3v) is 7.70. The van der Waals surface area contributed by atoms with E-state index in [4.69, 9.17) is 4.74 Å². The van der Waals surface area contributed by atoms with E-state index in [2.05, 4.69) is 31.8 Å². The van der Waals surface area contributed by atoms with Crippen molar-refractivity contribution in [3.8, 4) is 11.5 Å². The van der Waals surface area contributed by atoms with Gasteiger partial charge in [-0.25, -0.2) is 0 Å². The van der Waals surface area contributed by atoms with Gasteiger partial charge in [-0.15, -0.1) is 0 Å². The van der Waals surface area contributed by atoms with Crippen LogP contribution < -0.4 is 9.64 Å². The summed E-state index contributed by atoms with van der Waals surface area (Å²) < 4.78 is 6.46. The number of aliphatic hydroxyl groups is 1. The summed E-state index contributed by atoms with van der Waals surface area (Å²) in [5.41, 5.74) is 4.82. The maximum absolute atomic E-state index is 12.4. The Morgan fingerprint density at radius 3 is 2.86 bits per heavy atom. The first-order valence-electron chi connectivity index (χ1n) is 13.9. The van der Waals surface area contributed by atoms with Crippen LogP contribution in [-0.2, 0) is 11.2 Å². The zero-order valence-corrected chi connectivity index (χ0v) is 22.1. The molecule has 3 N–H and O–H groups in total. The van der Waals surface area contributed by atoms with Gasteiger partial charge in [0.1, 0.15) is 23.7 Å². The zero-order chi connectivity index (χ0) is 25.7. The number of hydrogen-bond donors (Lipinski definition) is 3. The Balaban J connectivity index is 1.38. The summed E-state index contributed by atoms with van der Waals surface area (Å²) in [5.74, 6) is 1.86. The molecule has 1 unspecified atom stereocenters. The molecule has 3 heterocycles. The molecule has 196 valence electrons. The quantitative estimate of drug-likeness (QED) is 0.352. The fourth-order valence-electron chi connectivity index (χ4n) is 5.92. The number of nitrogens with zero attached hydrogens (tertiary/aromatic N) is 1. The van der Waals surface area contributed by atoms with Crippen LogP contribution in [0.3, 0.4) is 0 Å². The van der Waals surface area contributed by atoms with Crippen LogP contribution in [0, 0.1) is 11.8 Å². The number of ketones is 1. The van der Waals surface area contributed by atoms with Crippen LogP contribution in [0.5, 0.6) is 11.5 Å². The molecule has 3 aliphatic heterocycles. The SMILES string of the molecule is CCCCC[C@@H](O)CC(=O)CCc1ccc(O)c(O[C@@H]2CC[C@H](CC(C)C)C3=C4C=CN=C4C[NH+]32)c1. The second kappa shape index (κ2) is 12.2.